The van der Waals surface area contributed by atoms with E-state index in [2.05, 4.69) is 21.2 Å². The predicted molar refractivity (Wildman–Crippen MR) is 136 cm³/mol. The molecule has 0 bridgehead atoms. The van der Waals surface area contributed by atoms with Crippen LogP contribution in [0.1, 0.15) is 48.2 Å². The van der Waals surface area contributed by atoms with Crippen molar-refractivity contribution >= 4 is 39.3 Å². The van der Waals surface area contributed by atoms with Gasteiger partial charge in [0.05, 0.1) is 37.5 Å². The van der Waals surface area contributed by atoms with E-state index in [4.69, 9.17) is 18.9 Å². The normalized spacial score (nSPS) is 16.2. The van der Waals surface area contributed by atoms with Crippen molar-refractivity contribution in [2.45, 2.75) is 26.7 Å². The Morgan fingerprint density at radius 2 is 1.72 bits per heavy atom. The van der Waals surface area contributed by atoms with Crippen LogP contribution in [0, 0.1) is 0 Å². The Kier molecular flexibility index (Phi) is 7.49. The molecule has 0 fully saturated rings. The largest absolute Gasteiger partial charge is 0.490 e. The van der Waals surface area contributed by atoms with Crippen LogP contribution in [0.25, 0.3) is 5.70 Å². The van der Waals surface area contributed by atoms with Gasteiger partial charge in [-0.15, -0.1) is 0 Å². The van der Waals surface area contributed by atoms with Crippen molar-refractivity contribution in [3.63, 3.8) is 0 Å². The average Bonchev–Trinajstić information content (AvgIpc) is 3.14. The SMILES string of the molecule is CCOC(=O)COc1cc(Br)c([C@@H]2C(C(=O)OC)=C(C)NC3=C2C(=O)c2ccccc23)cc1OCC. The van der Waals surface area contributed by atoms with Crippen LogP contribution < -0.4 is 14.8 Å². The van der Waals surface area contributed by atoms with Crippen molar-refractivity contribution in [3.8, 4) is 11.5 Å². The molecule has 2 aliphatic rings. The van der Waals surface area contributed by atoms with Crippen LogP contribution in [0.5, 0.6) is 11.5 Å². The lowest BCUT2D eigenvalue weighted by atomic mass is 9.79. The molecule has 1 heterocycles. The Labute approximate surface area is 217 Å². The van der Waals surface area contributed by atoms with Gasteiger partial charge in [0.25, 0.3) is 0 Å². The van der Waals surface area contributed by atoms with Crippen molar-refractivity contribution in [2.75, 3.05) is 26.9 Å². The summed E-state index contributed by atoms with van der Waals surface area (Å²) in [4.78, 5) is 38.4. The van der Waals surface area contributed by atoms with E-state index in [1.165, 1.54) is 7.11 Å². The Morgan fingerprint density at radius 1 is 1.03 bits per heavy atom. The van der Waals surface area contributed by atoms with Crippen LogP contribution in [-0.2, 0) is 19.1 Å². The molecule has 0 radical (unpaired) electrons. The maximum Gasteiger partial charge on any atom is 0.344 e. The van der Waals surface area contributed by atoms with Gasteiger partial charge in [0.2, 0.25) is 0 Å². The lowest BCUT2D eigenvalue weighted by molar-refractivity contribution is -0.145. The van der Waals surface area contributed by atoms with Gasteiger partial charge in [-0.3, -0.25) is 4.79 Å². The first-order valence-electron chi connectivity index (χ1n) is 11.5. The molecule has 1 aliphatic carbocycles. The summed E-state index contributed by atoms with van der Waals surface area (Å²) in [5, 5.41) is 3.26. The summed E-state index contributed by atoms with van der Waals surface area (Å²) in [6.07, 6.45) is 0. The molecule has 0 spiro atoms. The molecule has 1 aliphatic heterocycles. The van der Waals surface area contributed by atoms with E-state index in [0.29, 0.717) is 56.2 Å². The van der Waals surface area contributed by atoms with E-state index < -0.39 is 17.9 Å². The number of carbonyl (C=O) groups excluding carboxylic acids is 3. The molecule has 0 saturated heterocycles. The molecule has 9 heteroatoms. The van der Waals surface area contributed by atoms with Crippen LogP contribution >= 0.6 is 15.9 Å². The van der Waals surface area contributed by atoms with Gasteiger partial charge < -0.3 is 24.3 Å². The molecular formula is C27H26BrNO7. The van der Waals surface area contributed by atoms with E-state index >= 15 is 0 Å². The minimum absolute atomic E-state index is 0.167. The third kappa shape index (κ3) is 4.51. The van der Waals surface area contributed by atoms with Gasteiger partial charge in [-0.05, 0) is 38.5 Å². The predicted octanol–water partition coefficient (Wildman–Crippen LogP) is 4.53. The van der Waals surface area contributed by atoms with Gasteiger partial charge in [0.15, 0.2) is 23.9 Å². The number of esters is 2. The zero-order valence-electron chi connectivity index (χ0n) is 20.4. The van der Waals surface area contributed by atoms with Crippen LogP contribution in [0.2, 0.25) is 0 Å². The zero-order chi connectivity index (χ0) is 26.0. The quantitative estimate of drug-likeness (QED) is 0.474. The monoisotopic (exact) mass is 555 g/mol. The van der Waals surface area contributed by atoms with Gasteiger partial charge >= 0.3 is 11.9 Å². The number of benzene rings is 2. The number of halogens is 1. The summed E-state index contributed by atoms with van der Waals surface area (Å²) in [5.41, 5.74) is 3.99. The lowest BCUT2D eigenvalue weighted by Crippen LogP contribution is -2.29. The van der Waals surface area contributed by atoms with Crippen molar-refractivity contribution < 1.29 is 33.3 Å². The molecule has 0 unspecified atom stereocenters. The van der Waals surface area contributed by atoms with E-state index in [0.717, 1.165) is 5.56 Å². The molecule has 188 valence electrons. The minimum Gasteiger partial charge on any atom is -0.490 e. The van der Waals surface area contributed by atoms with Gasteiger partial charge in [0.1, 0.15) is 0 Å². The number of methoxy groups -OCH3 is 1. The highest BCUT2D eigenvalue weighted by molar-refractivity contribution is 9.10. The van der Waals surface area contributed by atoms with Gasteiger partial charge in [-0.25, -0.2) is 9.59 Å². The first-order valence-corrected chi connectivity index (χ1v) is 12.3. The van der Waals surface area contributed by atoms with E-state index in [9.17, 15) is 14.4 Å². The molecule has 2 aromatic rings. The molecule has 2 aromatic carbocycles. The van der Waals surface area contributed by atoms with Crippen LogP contribution in [0.4, 0.5) is 0 Å². The first kappa shape index (κ1) is 25.5. The summed E-state index contributed by atoms with van der Waals surface area (Å²) in [7, 11) is 1.31. The van der Waals surface area contributed by atoms with Gasteiger partial charge in [-0.1, -0.05) is 40.2 Å². The number of allylic oxidation sites excluding steroid dienone is 2. The van der Waals surface area contributed by atoms with E-state index in [1.54, 1.807) is 32.0 Å². The standard InChI is InChI=1S/C27H26BrNO7/c1-5-34-19-11-17(18(28)12-20(19)36-13-21(30)35-6-2)23-22(27(32)33-4)14(3)29-25-15-9-7-8-10-16(15)26(31)24(23)25/h7-12,23,29H,5-6,13H2,1-4H3/t23-/m1/s1. The van der Waals surface area contributed by atoms with Crippen molar-refractivity contribution in [3.05, 3.63) is 74.4 Å². The fourth-order valence-corrected chi connectivity index (χ4v) is 5.06. The van der Waals surface area contributed by atoms with Crippen molar-refractivity contribution in [1.82, 2.24) is 5.32 Å². The summed E-state index contributed by atoms with van der Waals surface area (Å²) < 4.78 is 22.1. The molecule has 36 heavy (non-hydrogen) atoms. The fraction of sp³-hybridized carbons (Fsp3) is 0.296. The number of hydrogen-bond acceptors (Lipinski definition) is 8. The van der Waals surface area contributed by atoms with Gasteiger partial charge in [0, 0.05) is 26.9 Å². The Bertz CT molecular complexity index is 1310. The number of fused-ring (bicyclic) bond motifs is 2. The number of Topliss-reactive ketones (excluding diaryl/α,β-unsaturated/α-hetero) is 1. The number of carbonyl (C=O) groups is 3. The Balaban J connectivity index is 1.86. The Hall–Kier alpha value is -3.59. The number of ketones is 1. The molecule has 1 N–H and O–H groups in total. The summed E-state index contributed by atoms with van der Waals surface area (Å²) in [5.74, 6) is -1.27. The second-order valence-corrected chi connectivity index (χ2v) is 8.95. The lowest BCUT2D eigenvalue weighted by Gasteiger charge is -2.30. The molecule has 0 saturated carbocycles. The number of dihydropyridines is 1. The van der Waals surface area contributed by atoms with Crippen LogP contribution in [-0.4, -0.2) is 44.7 Å². The van der Waals surface area contributed by atoms with E-state index in [1.807, 2.05) is 25.1 Å². The maximum atomic E-state index is 13.6. The van der Waals surface area contributed by atoms with Crippen LogP contribution in [0.3, 0.4) is 0 Å². The van der Waals surface area contributed by atoms with Gasteiger partial charge in [-0.2, -0.15) is 0 Å². The second-order valence-electron chi connectivity index (χ2n) is 8.10. The molecule has 1 atom stereocenters. The summed E-state index contributed by atoms with van der Waals surface area (Å²) in [6.45, 7) is 5.61. The highest BCUT2D eigenvalue weighted by Gasteiger charge is 2.43. The molecule has 4 rings (SSSR count). The number of nitrogens with one attached hydrogen (secondary N) is 1. The molecule has 0 amide bonds. The highest BCUT2D eigenvalue weighted by atomic mass is 79.9. The number of hydrogen-bond donors (Lipinski definition) is 1. The third-order valence-corrected chi connectivity index (χ3v) is 6.67. The third-order valence-electron chi connectivity index (χ3n) is 5.98. The van der Waals surface area contributed by atoms with E-state index in [-0.39, 0.29) is 19.0 Å². The van der Waals surface area contributed by atoms with Crippen LogP contribution in [0.15, 0.2) is 57.7 Å². The minimum atomic E-state index is -0.735. The molecule has 0 aromatic heterocycles. The summed E-state index contributed by atoms with van der Waals surface area (Å²) in [6, 6.07) is 10.7. The van der Waals surface area contributed by atoms with Crippen molar-refractivity contribution in [1.29, 1.82) is 0 Å². The molecular weight excluding hydrogens is 530 g/mol. The summed E-state index contributed by atoms with van der Waals surface area (Å²) >= 11 is 3.60. The Morgan fingerprint density at radius 3 is 2.39 bits per heavy atom. The highest BCUT2D eigenvalue weighted by Crippen LogP contribution is 2.50. The van der Waals surface area contributed by atoms with Crippen molar-refractivity contribution in [2.24, 2.45) is 0 Å². The average molecular weight is 556 g/mol. The zero-order valence-corrected chi connectivity index (χ0v) is 22.0. The second kappa shape index (κ2) is 10.6. The topological polar surface area (TPSA) is 100 Å². The smallest absolute Gasteiger partial charge is 0.344 e. The number of rotatable bonds is 8. The molecule has 8 nitrogen and oxygen atoms in total. The fourth-order valence-electron chi connectivity index (χ4n) is 4.51. The first-order chi connectivity index (χ1) is 17.3. The number of ether oxygens (including phenoxy) is 4. The maximum absolute atomic E-state index is 13.6.